The molecule has 2 unspecified atom stereocenters. The molecule has 4 nitrogen and oxygen atoms in total. The van der Waals surface area contributed by atoms with Gasteiger partial charge in [0.25, 0.3) is 0 Å². The molecular formula is C7ClF14NO3S. The molecule has 2 atom stereocenters. The lowest BCUT2D eigenvalue weighted by molar-refractivity contribution is -0.382. The minimum atomic E-state index is -8.08. The number of hydrogen-bond donors (Lipinski definition) is 0. The lowest BCUT2D eigenvalue weighted by atomic mass is 10.1. The van der Waals surface area contributed by atoms with Gasteiger partial charge in [0.05, 0.1) is 0 Å². The molecule has 0 aromatic carbocycles. The third kappa shape index (κ3) is 2.91. The molecule has 27 heavy (non-hydrogen) atoms. The first-order valence-corrected chi connectivity index (χ1v) is 7.23. The van der Waals surface area contributed by atoms with E-state index in [9.17, 15) is 69.9 Å². The molecule has 1 aliphatic heterocycles. The summed E-state index contributed by atoms with van der Waals surface area (Å²) in [6.07, 6.45) is -14.2. The van der Waals surface area contributed by atoms with Crippen LogP contribution in [0.25, 0.3) is 0 Å². The van der Waals surface area contributed by atoms with Crippen LogP contribution < -0.4 is 0 Å². The fourth-order valence-electron chi connectivity index (χ4n) is 1.42. The van der Waals surface area contributed by atoms with Crippen LogP contribution in [0.1, 0.15) is 0 Å². The fraction of sp³-hybridized carbons (Fsp3) is 1.00. The third-order valence-corrected chi connectivity index (χ3v) is 4.80. The van der Waals surface area contributed by atoms with Crippen molar-refractivity contribution in [1.29, 1.82) is 0 Å². The third-order valence-electron chi connectivity index (χ3n) is 2.87. The molecule has 20 heteroatoms. The number of rotatable bonds is 5. The standard InChI is InChI=1S/C7ClF14NO3S/c8-4(13,14)3(6(18,19)20)23(26-3)27(24,25)7(21,22)2(11,12)1(9,10)5(15,16)17. The molecule has 0 N–H and O–H groups in total. The highest BCUT2D eigenvalue weighted by Crippen LogP contribution is 2.64. The largest absolute Gasteiger partial charge is 0.460 e. The van der Waals surface area contributed by atoms with Crippen molar-refractivity contribution < 1.29 is 74.7 Å². The van der Waals surface area contributed by atoms with E-state index in [1.165, 1.54) is 0 Å². The van der Waals surface area contributed by atoms with Crippen molar-refractivity contribution in [2.45, 2.75) is 40.6 Å². The summed E-state index contributed by atoms with van der Waals surface area (Å²) < 4.78 is 196. The molecule has 0 saturated carbocycles. The Labute approximate surface area is 142 Å². The van der Waals surface area contributed by atoms with Gasteiger partial charge in [-0.05, 0) is 16.1 Å². The summed E-state index contributed by atoms with van der Waals surface area (Å²) in [4.78, 5) is 2.68. The zero-order valence-corrected chi connectivity index (χ0v) is 12.8. The van der Waals surface area contributed by atoms with Gasteiger partial charge in [0, 0.05) is 0 Å². The van der Waals surface area contributed by atoms with Gasteiger partial charge in [0.1, 0.15) is 0 Å². The summed E-state index contributed by atoms with van der Waals surface area (Å²) in [5.74, 6) is -15.8. The Bertz CT molecular complexity index is 692. The van der Waals surface area contributed by atoms with Crippen LogP contribution in [0.3, 0.4) is 0 Å². The normalized spacial score (nSPS) is 26.3. The second-order valence-corrected chi connectivity index (χ2v) is 6.90. The summed E-state index contributed by atoms with van der Waals surface area (Å²) in [5, 5.41) is -13.7. The van der Waals surface area contributed by atoms with Gasteiger partial charge in [0.2, 0.25) is 0 Å². The molecule has 162 valence electrons. The Hall–Kier alpha value is -0.820. The van der Waals surface area contributed by atoms with Gasteiger partial charge in [-0.3, -0.25) is 0 Å². The van der Waals surface area contributed by atoms with Crippen LogP contribution in [0.4, 0.5) is 61.5 Å². The highest BCUT2D eigenvalue weighted by molar-refractivity contribution is 7.90. The van der Waals surface area contributed by atoms with Crippen LogP contribution in [0.5, 0.6) is 0 Å². The quantitative estimate of drug-likeness (QED) is 0.339. The molecule has 1 heterocycles. The van der Waals surface area contributed by atoms with Crippen LogP contribution in [-0.2, 0) is 14.9 Å². The number of hydrogen-bond acceptors (Lipinski definition) is 3. The SMILES string of the molecule is O=S(=O)(N1OC1(C(F)(F)F)C(F)(F)Cl)C(F)(F)C(F)(F)C(F)(F)C(F)(F)F. The Kier molecular flexibility index (Phi) is 5.04. The van der Waals surface area contributed by atoms with E-state index in [-0.39, 0.29) is 0 Å². The van der Waals surface area contributed by atoms with Gasteiger partial charge >= 0.3 is 50.6 Å². The monoisotopic (exact) mass is 479 g/mol. The topological polar surface area (TPSA) is 49.7 Å². The minimum absolute atomic E-state index is 2.62. The van der Waals surface area contributed by atoms with Gasteiger partial charge in [-0.25, -0.2) is 13.3 Å². The van der Waals surface area contributed by atoms with E-state index in [1.54, 1.807) is 0 Å². The van der Waals surface area contributed by atoms with E-state index >= 15 is 0 Å². The van der Waals surface area contributed by atoms with Crippen LogP contribution in [0.15, 0.2) is 0 Å². The first-order valence-electron chi connectivity index (χ1n) is 5.42. The zero-order valence-electron chi connectivity index (χ0n) is 11.2. The first kappa shape index (κ1) is 24.2. The van der Waals surface area contributed by atoms with Crippen LogP contribution in [0, 0.1) is 0 Å². The maximum atomic E-state index is 13.3. The minimum Gasteiger partial charge on any atom is -0.237 e. The molecular weight excluding hydrogens is 480 g/mol. The molecule has 0 spiro atoms. The Morgan fingerprint density at radius 1 is 0.741 bits per heavy atom. The van der Waals surface area contributed by atoms with Gasteiger partial charge < -0.3 is 0 Å². The Balaban J connectivity index is 3.57. The molecule has 0 aliphatic carbocycles. The van der Waals surface area contributed by atoms with E-state index in [2.05, 4.69) is 16.4 Å². The Morgan fingerprint density at radius 2 is 1.11 bits per heavy atom. The summed E-state index contributed by atoms with van der Waals surface area (Å²) in [6, 6.07) is 0. The summed E-state index contributed by atoms with van der Waals surface area (Å²) in [5.41, 5.74) is -5.76. The molecule has 1 saturated heterocycles. The molecule has 0 aromatic heterocycles. The van der Waals surface area contributed by atoms with Crippen molar-refractivity contribution in [2.24, 2.45) is 0 Å². The van der Waals surface area contributed by atoms with Gasteiger partial charge in [-0.1, -0.05) is 0 Å². The van der Waals surface area contributed by atoms with Gasteiger partial charge in [-0.2, -0.15) is 61.5 Å². The second kappa shape index (κ2) is 5.62. The summed E-state index contributed by atoms with van der Waals surface area (Å²) in [6.45, 7) is 0. The maximum absolute atomic E-state index is 13.3. The van der Waals surface area contributed by atoms with Crippen molar-refractivity contribution in [3.8, 4) is 0 Å². The van der Waals surface area contributed by atoms with E-state index in [1.807, 2.05) is 0 Å². The van der Waals surface area contributed by atoms with Crippen molar-refractivity contribution in [1.82, 2.24) is 4.47 Å². The van der Waals surface area contributed by atoms with Crippen LogP contribution in [0.2, 0.25) is 0 Å². The van der Waals surface area contributed by atoms with Crippen molar-refractivity contribution in [3.05, 3.63) is 0 Å². The number of halogens is 15. The molecule has 1 fully saturated rings. The highest BCUT2D eigenvalue weighted by atomic mass is 35.5. The van der Waals surface area contributed by atoms with E-state index in [4.69, 9.17) is 0 Å². The lowest BCUT2D eigenvalue weighted by Gasteiger charge is -2.33. The average Bonchev–Trinajstić information content (AvgIpc) is 3.12. The lowest BCUT2D eigenvalue weighted by Crippen LogP contribution is -2.65. The molecule has 0 radical (unpaired) electrons. The van der Waals surface area contributed by atoms with Crippen LogP contribution >= 0.6 is 11.6 Å². The number of alkyl halides is 15. The number of nitrogens with zero attached hydrogens (tertiary/aromatic N) is 1. The second-order valence-electron chi connectivity index (χ2n) is 4.63. The van der Waals surface area contributed by atoms with E-state index < -0.39 is 55.1 Å². The number of hydroxylamine groups is 1. The summed E-state index contributed by atoms with van der Waals surface area (Å²) in [7, 11) is -8.08. The number of sulfonamides is 1. The van der Waals surface area contributed by atoms with Crippen LogP contribution in [-0.4, -0.2) is 53.4 Å². The zero-order chi connectivity index (χ0) is 22.3. The van der Waals surface area contributed by atoms with Gasteiger partial charge in [0.15, 0.2) is 0 Å². The smallest absolute Gasteiger partial charge is 0.237 e. The Morgan fingerprint density at radius 3 is 1.33 bits per heavy atom. The average molecular weight is 480 g/mol. The van der Waals surface area contributed by atoms with Gasteiger partial charge in [-0.15, -0.1) is 0 Å². The molecule has 0 bridgehead atoms. The summed E-state index contributed by atoms with van der Waals surface area (Å²) >= 11 is 3.85. The molecule has 0 aromatic rings. The maximum Gasteiger partial charge on any atom is 0.460 e. The first-order chi connectivity index (χ1) is 11.3. The highest BCUT2D eigenvalue weighted by Gasteiger charge is 2.94. The predicted octanol–water partition coefficient (Wildman–Crippen LogP) is 4.08. The predicted molar refractivity (Wildman–Crippen MR) is 52.3 cm³/mol. The van der Waals surface area contributed by atoms with E-state index in [0.717, 1.165) is 0 Å². The fourth-order valence-corrected chi connectivity index (χ4v) is 3.11. The van der Waals surface area contributed by atoms with Crippen molar-refractivity contribution >= 4 is 21.6 Å². The molecule has 0 amide bonds. The molecule has 1 aliphatic rings. The van der Waals surface area contributed by atoms with Crippen molar-refractivity contribution in [2.75, 3.05) is 0 Å². The van der Waals surface area contributed by atoms with E-state index in [0.29, 0.717) is 0 Å². The van der Waals surface area contributed by atoms with Crippen molar-refractivity contribution in [3.63, 3.8) is 0 Å². The molecule has 1 rings (SSSR count).